The molecule has 3 N–H and O–H groups in total. The topological polar surface area (TPSA) is 110 Å². The van der Waals surface area contributed by atoms with Crippen LogP contribution in [0.5, 0.6) is 0 Å². The van der Waals surface area contributed by atoms with E-state index >= 15 is 0 Å². The second kappa shape index (κ2) is 9.67. The van der Waals surface area contributed by atoms with Crippen LogP contribution in [0.25, 0.3) is 5.76 Å². The Hall–Kier alpha value is -3.49. The normalized spacial score (nSPS) is 20.6. The third-order valence-electron chi connectivity index (χ3n) is 6.96. The fourth-order valence-corrected chi connectivity index (χ4v) is 6.70. The summed E-state index contributed by atoms with van der Waals surface area (Å²) in [5, 5.41) is 11.4. The molecule has 8 heteroatoms. The van der Waals surface area contributed by atoms with Gasteiger partial charge >= 0.3 is 0 Å². The first-order valence-electron chi connectivity index (χ1n) is 12.2. The van der Waals surface area contributed by atoms with Gasteiger partial charge in [-0.15, -0.1) is 0 Å². The molecule has 194 valence electrons. The van der Waals surface area contributed by atoms with Crippen LogP contribution in [0.2, 0.25) is 0 Å². The number of Topliss-reactive ketones (excluding diaryl/α,β-unsaturated/α-hetero) is 1. The van der Waals surface area contributed by atoms with Crippen molar-refractivity contribution in [1.29, 1.82) is 0 Å². The second-order valence-corrected chi connectivity index (χ2v) is 13.3. The lowest BCUT2D eigenvalue weighted by Gasteiger charge is -2.37. The van der Waals surface area contributed by atoms with Crippen LogP contribution in [0.4, 0.5) is 0 Å². The van der Waals surface area contributed by atoms with Crippen molar-refractivity contribution < 1.29 is 18.3 Å². The molecule has 0 amide bonds. The number of allylic oxidation sites excluding steroid dienone is 2. The fourth-order valence-electron chi connectivity index (χ4n) is 5.16. The van der Waals surface area contributed by atoms with Gasteiger partial charge in [0.15, 0.2) is 5.78 Å². The van der Waals surface area contributed by atoms with E-state index in [2.05, 4.69) is 20.9 Å². The minimum Gasteiger partial charge on any atom is -0.507 e. The monoisotopic (exact) mass is 590 g/mol. The zero-order valence-corrected chi connectivity index (χ0v) is 23.4. The number of carbonyl (C=O) groups excluding carboxylic acids is 1. The number of aliphatic hydroxyl groups excluding tert-OH is 1. The number of aliphatic imine (C=N–C) groups is 1. The van der Waals surface area contributed by atoms with Gasteiger partial charge in [-0.2, -0.15) is 0 Å². The van der Waals surface area contributed by atoms with E-state index in [0.29, 0.717) is 40.8 Å². The van der Waals surface area contributed by atoms with Gasteiger partial charge in [0.1, 0.15) is 11.6 Å². The van der Waals surface area contributed by atoms with Crippen LogP contribution < -0.4 is 5.73 Å². The molecule has 1 aliphatic carbocycles. The van der Waals surface area contributed by atoms with Crippen molar-refractivity contribution in [3.8, 4) is 0 Å². The number of benzene rings is 3. The molecule has 1 atom stereocenters. The molecule has 3 aromatic rings. The van der Waals surface area contributed by atoms with E-state index in [1.165, 1.54) is 12.1 Å². The Bertz CT molecular complexity index is 1620. The summed E-state index contributed by atoms with van der Waals surface area (Å²) in [6, 6.07) is 21.8. The number of aliphatic hydroxyl groups is 1. The molecule has 38 heavy (non-hydrogen) atoms. The van der Waals surface area contributed by atoms with E-state index in [0.717, 1.165) is 4.47 Å². The Morgan fingerprint density at radius 1 is 0.947 bits per heavy atom. The highest BCUT2D eigenvalue weighted by Crippen LogP contribution is 2.48. The molecule has 1 heterocycles. The fraction of sp³-hybridized carbons (Fsp3) is 0.200. The summed E-state index contributed by atoms with van der Waals surface area (Å²) in [4.78, 5) is 18.5. The first-order valence-corrected chi connectivity index (χ1v) is 14.5. The third kappa shape index (κ3) is 4.74. The Labute approximate surface area is 230 Å². The van der Waals surface area contributed by atoms with Gasteiger partial charge < -0.3 is 10.8 Å². The molecular formula is C30H27BrN2O4S. The van der Waals surface area contributed by atoms with Gasteiger partial charge in [-0.1, -0.05) is 72.2 Å². The highest BCUT2D eigenvalue weighted by molar-refractivity contribution is 9.10. The Balaban J connectivity index is 1.67. The number of carbonyl (C=O) groups is 1. The average molecular weight is 592 g/mol. The maximum Gasteiger partial charge on any atom is 0.206 e. The van der Waals surface area contributed by atoms with E-state index in [-0.39, 0.29) is 32.6 Å². The lowest BCUT2D eigenvalue weighted by molar-refractivity contribution is -0.118. The summed E-state index contributed by atoms with van der Waals surface area (Å²) in [5.74, 6) is -0.683. The van der Waals surface area contributed by atoms with Gasteiger partial charge in [-0.05, 0) is 53.8 Å². The first kappa shape index (κ1) is 26.1. The lowest BCUT2D eigenvalue weighted by atomic mass is 9.68. The van der Waals surface area contributed by atoms with Crippen LogP contribution in [0.1, 0.15) is 43.7 Å². The number of ketones is 1. The van der Waals surface area contributed by atoms with Crippen LogP contribution in [0.3, 0.4) is 0 Å². The quantitative estimate of drug-likeness (QED) is 0.344. The SMILES string of the molecule is CC1(C)CC(=O)C2=C(C1)N=C(N)/C(=C(/O)c1ccc(Br)cc1)C2c1ccc(S(=O)(=O)c2ccccc2)cc1. The molecule has 0 aromatic heterocycles. The van der Waals surface area contributed by atoms with Gasteiger partial charge in [-0.3, -0.25) is 4.79 Å². The van der Waals surface area contributed by atoms with E-state index < -0.39 is 15.8 Å². The summed E-state index contributed by atoms with van der Waals surface area (Å²) in [7, 11) is -3.72. The molecule has 0 saturated heterocycles. The zero-order chi connectivity index (χ0) is 27.2. The van der Waals surface area contributed by atoms with Crippen LogP contribution in [0.15, 0.2) is 115 Å². The summed E-state index contributed by atoms with van der Waals surface area (Å²) in [6.07, 6.45) is 0.905. The van der Waals surface area contributed by atoms with Crippen molar-refractivity contribution in [1.82, 2.24) is 0 Å². The number of nitrogens with zero attached hydrogens (tertiary/aromatic N) is 1. The summed E-state index contributed by atoms with van der Waals surface area (Å²) in [5.41, 5.74) is 8.82. The number of sulfone groups is 1. The van der Waals surface area contributed by atoms with Crippen LogP contribution >= 0.6 is 15.9 Å². The molecular weight excluding hydrogens is 564 g/mol. The molecule has 0 radical (unpaired) electrons. The molecule has 1 aliphatic heterocycles. The van der Waals surface area contributed by atoms with Crippen molar-refractivity contribution in [2.75, 3.05) is 0 Å². The molecule has 3 aromatic carbocycles. The van der Waals surface area contributed by atoms with Gasteiger partial charge in [0.25, 0.3) is 0 Å². The van der Waals surface area contributed by atoms with Crippen LogP contribution in [0, 0.1) is 5.41 Å². The van der Waals surface area contributed by atoms with Crippen molar-refractivity contribution >= 4 is 43.1 Å². The average Bonchev–Trinajstić information content (AvgIpc) is 2.88. The number of amidine groups is 1. The van der Waals surface area contributed by atoms with Gasteiger partial charge in [0.2, 0.25) is 9.84 Å². The summed E-state index contributed by atoms with van der Waals surface area (Å²) < 4.78 is 27.2. The van der Waals surface area contributed by atoms with Gasteiger partial charge in [0.05, 0.1) is 15.5 Å². The largest absolute Gasteiger partial charge is 0.507 e. The number of hydrogen-bond acceptors (Lipinski definition) is 6. The standard InChI is InChI=1S/C30H27BrN2O4S/c1-30(2)16-23-26(24(34)17-30)25(27(29(32)33-23)28(35)19-8-12-20(31)13-9-19)18-10-14-22(15-11-18)38(36,37)21-6-4-3-5-7-21/h3-15,25,35H,16-17H2,1-2H3,(H2,32,33)/b28-27+. The predicted molar refractivity (Wildman–Crippen MR) is 151 cm³/mol. The lowest BCUT2D eigenvalue weighted by Crippen LogP contribution is -2.35. The van der Waals surface area contributed by atoms with Crippen molar-refractivity contribution in [2.24, 2.45) is 16.1 Å². The van der Waals surface area contributed by atoms with Crippen LogP contribution in [-0.2, 0) is 14.6 Å². The number of hydrogen-bond donors (Lipinski definition) is 2. The zero-order valence-electron chi connectivity index (χ0n) is 21.0. The predicted octanol–water partition coefficient (Wildman–Crippen LogP) is 6.35. The maximum atomic E-state index is 13.5. The van der Waals surface area contributed by atoms with E-state index in [1.54, 1.807) is 66.7 Å². The summed E-state index contributed by atoms with van der Waals surface area (Å²) >= 11 is 3.41. The Morgan fingerprint density at radius 2 is 1.55 bits per heavy atom. The van der Waals surface area contributed by atoms with Crippen molar-refractivity contribution in [3.63, 3.8) is 0 Å². The summed E-state index contributed by atoms with van der Waals surface area (Å²) in [6.45, 7) is 4.03. The van der Waals surface area contributed by atoms with Gasteiger partial charge in [0, 0.05) is 33.5 Å². The molecule has 2 aliphatic rings. The van der Waals surface area contributed by atoms with E-state index in [9.17, 15) is 18.3 Å². The molecule has 0 bridgehead atoms. The second-order valence-electron chi connectivity index (χ2n) is 10.4. The maximum absolute atomic E-state index is 13.5. The molecule has 1 unspecified atom stereocenters. The molecule has 0 spiro atoms. The number of rotatable bonds is 4. The van der Waals surface area contributed by atoms with Gasteiger partial charge in [-0.25, -0.2) is 13.4 Å². The Kier molecular flexibility index (Phi) is 6.65. The number of halogens is 1. The van der Waals surface area contributed by atoms with E-state index in [1.807, 2.05) is 13.8 Å². The first-order chi connectivity index (χ1) is 18.0. The third-order valence-corrected chi connectivity index (χ3v) is 9.27. The minimum absolute atomic E-state index is 0.0559. The van der Waals surface area contributed by atoms with Crippen LogP contribution in [-0.4, -0.2) is 25.1 Å². The molecule has 6 nitrogen and oxygen atoms in total. The number of nitrogens with two attached hydrogens (primary N) is 1. The molecule has 5 rings (SSSR count). The van der Waals surface area contributed by atoms with E-state index in [4.69, 9.17) is 5.73 Å². The highest BCUT2D eigenvalue weighted by atomic mass is 79.9. The highest BCUT2D eigenvalue weighted by Gasteiger charge is 2.42. The molecule has 0 fully saturated rings. The van der Waals surface area contributed by atoms with Crippen molar-refractivity contribution in [2.45, 2.75) is 42.4 Å². The smallest absolute Gasteiger partial charge is 0.206 e. The molecule has 0 saturated carbocycles. The van der Waals surface area contributed by atoms with Crippen molar-refractivity contribution in [3.05, 3.63) is 111 Å². The Morgan fingerprint density at radius 3 is 2.18 bits per heavy atom. The minimum atomic E-state index is -3.72.